The van der Waals surface area contributed by atoms with Crippen LogP contribution in [-0.2, 0) is 18.4 Å². The number of nitrogens with one attached hydrogen (secondary N) is 2. The van der Waals surface area contributed by atoms with Gasteiger partial charge in [0.2, 0.25) is 5.91 Å². The number of thiazole rings is 1. The summed E-state index contributed by atoms with van der Waals surface area (Å²) in [7, 11) is 1.80. The van der Waals surface area contributed by atoms with E-state index in [-0.39, 0.29) is 24.1 Å². The van der Waals surface area contributed by atoms with Crippen LogP contribution in [0.2, 0.25) is 0 Å². The van der Waals surface area contributed by atoms with Crippen LogP contribution in [0.15, 0.2) is 39.3 Å². The van der Waals surface area contributed by atoms with Crippen molar-refractivity contribution in [3.05, 3.63) is 51.2 Å². The van der Waals surface area contributed by atoms with E-state index in [9.17, 15) is 9.59 Å². The largest absolute Gasteiger partial charge is 0.345 e. The second-order valence-corrected chi connectivity index (χ2v) is 8.49. The molecule has 28 heavy (non-hydrogen) atoms. The van der Waals surface area contributed by atoms with E-state index in [0.29, 0.717) is 21.7 Å². The Kier molecular flexibility index (Phi) is 6.81. The van der Waals surface area contributed by atoms with Gasteiger partial charge < -0.3 is 15.2 Å². The minimum atomic E-state index is -0.192. The smallest absolute Gasteiger partial charge is 0.251 e. The average Bonchev–Trinajstić information content (AvgIpc) is 3.24. The fraction of sp³-hybridized carbons (Fsp3) is 0.235. The molecule has 8 nitrogen and oxygen atoms in total. The number of carbonyl (C=O) groups excluding carboxylic acids is 2. The number of halogens is 1. The van der Waals surface area contributed by atoms with Crippen LogP contribution >= 0.6 is 39.0 Å². The summed E-state index contributed by atoms with van der Waals surface area (Å²) in [6.07, 6.45) is 0. The van der Waals surface area contributed by atoms with Gasteiger partial charge in [-0.2, -0.15) is 0 Å². The summed E-state index contributed by atoms with van der Waals surface area (Å²) in [6.45, 7) is 2.11. The maximum atomic E-state index is 12.2. The molecule has 0 spiro atoms. The van der Waals surface area contributed by atoms with Crippen LogP contribution in [0.3, 0.4) is 0 Å². The van der Waals surface area contributed by atoms with Crippen LogP contribution in [0, 0.1) is 6.92 Å². The number of carbonyl (C=O) groups is 2. The first kappa shape index (κ1) is 20.5. The van der Waals surface area contributed by atoms with Gasteiger partial charge >= 0.3 is 0 Å². The molecule has 0 fully saturated rings. The topological polar surface area (TPSA) is 102 Å². The Morgan fingerprint density at radius 2 is 2.00 bits per heavy atom. The van der Waals surface area contributed by atoms with Gasteiger partial charge in [0.25, 0.3) is 5.91 Å². The molecule has 2 heterocycles. The zero-order valence-electron chi connectivity index (χ0n) is 15.1. The molecule has 0 unspecified atom stereocenters. The zero-order valence-corrected chi connectivity index (χ0v) is 18.3. The second-order valence-electron chi connectivity index (χ2n) is 5.78. The fourth-order valence-electron chi connectivity index (χ4n) is 2.18. The first-order valence-corrected chi connectivity index (χ1v) is 10.8. The van der Waals surface area contributed by atoms with Gasteiger partial charge in [0.1, 0.15) is 0 Å². The van der Waals surface area contributed by atoms with Crippen molar-refractivity contribution < 1.29 is 9.59 Å². The Hall–Kier alpha value is -2.24. The lowest BCUT2D eigenvalue weighted by Gasteiger charge is -2.06. The summed E-state index contributed by atoms with van der Waals surface area (Å²) in [5.74, 6) is 0.440. The Bertz CT molecular complexity index is 986. The molecule has 0 bridgehead atoms. The molecule has 1 aromatic carbocycles. The highest BCUT2D eigenvalue weighted by atomic mass is 79.9. The third-order valence-electron chi connectivity index (χ3n) is 3.64. The number of amides is 2. The van der Waals surface area contributed by atoms with Crippen molar-refractivity contribution in [2.24, 2.45) is 7.05 Å². The van der Waals surface area contributed by atoms with Crippen molar-refractivity contribution in [2.45, 2.75) is 18.6 Å². The van der Waals surface area contributed by atoms with Crippen LogP contribution in [0.4, 0.5) is 5.13 Å². The quantitative estimate of drug-likeness (QED) is 0.503. The van der Waals surface area contributed by atoms with Gasteiger partial charge in [0.15, 0.2) is 16.1 Å². The van der Waals surface area contributed by atoms with E-state index in [1.54, 1.807) is 23.7 Å². The number of nitrogens with zero attached hydrogens (tertiary/aromatic N) is 4. The van der Waals surface area contributed by atoms with Crippen LogP contribution in [0.5, 0.6) is 0 Å². The van der Waals surface area contributed by atoms with Gasteiger partial charge in [-0.05, 0) is 31.2 Å². The fourth-order valence-corrected chi connectivity index (χ4v) is 3.88. The Morgan fingerprint density at radius 3 is 2.68 bits per heavy atom. The lowest BCUT2D eigenvalue weighted by molar-refractivity contribution is -0.113. The molecule has 2 aromatic heterocycles. The molecule has 0 saturated heterocycles. The van der Waals surface area contributed by atoms with E-state index in [0.717, 1.165) is 10.2 Å². The van der Waals surface area contributed by atoms with Crippen LogP contribution in [-0.4, -0.2) is 37.3 Å². The van der Waals surface area contributed by atoms with Crippen molar-refractivity contribution in [1.82, 2.24) is 25.1 Å². The third kappa shape index (κ3) is 5.40. The van der Waals surface area contributed by atoms with Gasteiger partial charge in [-0.1, -0.05) is 27.7 Å². The van der Waals surface area contributed by atoms with Gasteiger partial charge in [0, 0.05) is 22.5 Å². The number of benzene rings is 1. The van der Waals surface area contributed by atoms with Gasteiger partial charge in [-0.3, -0.25) is 9.59 Å². The molecular formula is C17H17BrN6O2S2. The molecule has 11 heteroatoms. The third-order valence-corrected chi connectivity index (χ3v) is 6.06. The maximum absolute atomic E-state index is 12.2. The standard InChI is InChI=1S/C17H17BrN6O2S2/c1-10-8-27-16(20-10)21-14(25)9-28-17-23-22-13(24(17)2)7-19-15(26)11-3-5-12(18)6-4-11/h3-6,8H,7,9H2,1-2H3,(H,19,26)(H,20,21,25). The van der Waals surface area contributed by atoms with Gasteiger partial charge in [0.05, 0.1) is 18.0 Å². The van der Waals surface area contributed by atoms with Crippen molar-refractivity contribution in [3.8, 4) is 0 Å². The van der Waals surface area contributed by atoms with Crippen molar-refractivity contribution in [3.63, 3.8) is 0 Å². The number of aromatic nitrogens is 4. The van der Waals surface area contributed by atoms with Gasteiger partial charge in [-0.15, -0.1) is 21.5 Å². The summed E-state index contributed by atoms with van der Waals surface area (Å²) >= 11 is 6.00. The molecule has 0 radical (unpaired) electrons. The van der Waals surface area contributed by atoms with E-state index in [1.165, 1.54) is 23.1 Å². The molecule has 3 rings (SSSR count). The van der Waals surface area contributed by atoms with Crippen molar-refractivity contribution in [2.75, 3.05) is 11.1 Å². The maximum Gasteiger partial charge on any atom is 0.251 e. The predicted molar refractivity (Wildman–Crippen MR) is 113 cm³/mol. The first-order chi connectivity index (χ1) is 13.4. The first-order valence-electron chi connectivity index (χ1n) is 8.19. The van der Waals surface area contributed by atoms with E-state index in [2.05, 4.69) is 41.7 Å². The highest BCUT2D eigenvalue weighted by molar-refractivity contribution is 9.10. The highest BCUT2D eigenvalue weighted by Crippen LogP contribution is 2.18. The van der Waals surface area contributed by atoms with Crippen LogP contribution in [0.25, 0.3) is 0 Å². The minimum absolute atomic E-state index is 0.160. The molecule has 2 N–H and O–H groups in total. The summed E-state index contributed by atoms with van der Waals surface area (Å²) in [5.41, 5.74) is 1.44. The molecule has 3 aromatic rings. The molecule has 0 saturated carbocycles. The monoisotopic (exact) mass is 480 g/mol. The lowest BCUT2D eigenvalue weighted by atomic mass is 10.2. The van der Waals surface area contributed by atoms with E-state index in [4.69, 9.17) is 0 Å². The van der Waals surface area contributed by atoms with E-state index >= 15 is 0 Å². The Labute approximate surface area is 178 Å². The van der Waals surface area contributed by atoms with Crippen molar-refractivity contribution >= 4 is 56.0 Å². The molecular weight excluding hydrogens is 464 g/mol. The molecule has 146 valence electrons. The SMILES string of the molecule is Cc1csc(NC(=O)CSc2nnc(CNC(=O)c3ccc(Br)cc3)n2C)n1. The minimum Gasteiger partial charge on any atom is -0.345 e. The number of aryl methyl sites for hydroxylation is 1. The lowest BCUT2D eigenvalue weighted by Crippen LogP contribution is -2.24. The summed E-state index contributed by atoms with van der Waals surface area (Å²) < 4.78 is 2.67. The molecule has 0 aliphatic rings. The number of hydrogen-bond acceptors (Lipinski definition) is 7. The summed E-state index contributed by atoms with van der Waals surface area (Å²) in [4.78, 5) is 28.4. The van der Waals surface area contributed by atoms with E-state index in [1.807, 2.05) is 24.4 Å². The number of rotatable bonds is 7. The highest BCUT2D eigenvalue weighted by Gasteiger charge is 2.13. The number of hydrogen-bond donors (Lipinski definition) is 2. The number of thioether (sulfide) groups is 1. The second kappa shape index (κ2) is 9.30. The van der Waals surface area contributed by atoms with Gasteiger partial charge in [-0.25, -0.2) is 4.98 Å². The Balaban J connectivity index is 1.51. The summed E-state index contributed by atoms with van der Waals surface area (Å²) in [5, 5.41) is 16.8. The molecule has 0 aliphatic heterocycles. The van der Waals surface area contributed by atoms with E-state index < -0.39 is 0 Å². The normalized spacial score (nSPS) is 10.7. The van der Waals surface area contributed by atoms with Crippen LogP contribution in [0.1, 0.15) is 21.9 Å². The number of anilines is 1. The molecule has 2 amide bonds. The zero-order chi connectivity index (χ0) is 20.1. The average molecular weight is 481 g/mol. The Morgan fingerprint density at radius 1 is 1.25 bits per heavy atom. The molecule has 0 aliphatic carbocycles. The summed E-state index contributed by atoms with van der Waals surface area (Å²) in [6, 6.07) is 7.09. The predicted octanol–water partition coefficient (Wildman–Crippen LogP) is 3.00. The van der Waals surface area contributed by atoms with Crippen LogP contribution < -0.4 is 10.6 Å². The van der Waals surface area contributed by atoms with Crippen molar-refractivity contribution in [1.29, 1.82) is 0 Å². The molecule has 0 atom stereocenters.